The molecule has 1 aliphatic heterocycles. The van der Waals surface area contributed by atoms with Crippen LogP contribution in [0.5, 0.6) is 0 Å². The summed E-state index contributed by atoms with van der Waals surface area (Å²) in [7, 11) is -2.17. The summed E-state index contributed by atoms with van der Waals surface area (Å²) in [5, 5.41) is 20.8. The standard InChI is InChI=1S/C15H16N2O4S/c1-16-22(20,21)11-8-6-10(7-9-11)17-14(18)12-4-2-3-5-13(12)15(17)19/h2-9,14-16,18-19H,1H3. The monoisotopic (exact) mass is 320 g/mol. The van der Waals surface area contributed by atoms with Gasteiger partial charge in [-0.3, -0.25) is 0 Å². The first kappa shape index (κ1) is 15.0. The number of rotatable bonds is 3. The second kappa shape index (κ2) is 5.36. The van der Waals surface area contributed by atoms with Crippen LogP contribution in [0.3, 0.4) is 0 Å². The van der Waals surface area contributed by atoms with Crippen LogP contribution in [0.25, 0.3) is 0 Å². The minimum absolute atomic E-state index is 0.124. The number of nitrogens with one attached hydrogen (secondary N) is 1. The molecule has 0 aliphatic carbocycles. The summed E-state index contributed by atoms with van der Waals surface area (Å²) < 4.78 is 25.7. The van der Waals surface area contributed by atoms with Gasteiger partial charge in [-0.25, -0.2) is 13.1 Å². The number of sulfonamides is 1. The van der Waals surface area contributed by atoms with Crippen LogP contribution < -0.4 is 9.62 Å². The van der Waals surface area contributed by atoms with Gasteiger partial charge in [-0.1, -0.05) is 24.3 Å². The first-order chi connectivity index (χ1) is 10.5. The first-order valence-electron chi connectivity index (χ1n) is 6.72. The zero-order valence-corrected chi connectivity index (χ0v) is 12.7. The Balaban J connectivity index is 1.96. The highest BCUT2D eigenvalue weighted by molar-refractivity contribution is 7.89. The number of benzene rings is 2. The highest BCUT2D eigenvalue weighted by atomic mass is 32.2. The lowest BCUT2D eigenvalue weighted by atomic mass is 10.1. The molecule has 0 spiro atoms. The highest BCUT2D eigenvalue weighted by Gasteiger charge is 2.36. The second-order valence-corrected chi connectivity index (χ2v) is 6.87. The molecule has 0 aromatic heterocycles. The third kappa shape index (κ3) is 2.28. The van der Waals surface area contributed by atoms with Gasteiger partial charge in [0, 0.05) is 16.8 Å². The van der Waals surface area contributed by atoms with Gasteiger partial charge in [-0.2, -0.15) is 0 Å². The molecule has 2 aromatic rings. The second-order valence-electron chi connectivity index (χ2n) is 4.98. The molecule has 116 valence electrons. The van der Waals surface area contributed by atoms with Gasteiger partial charge in [0.2, 0.25) is 10.0 Å². The molecule has 7 heteroatoms. The van der Waals surface area contributed by atoms with Crippen molar-refractivity contribution in [2.45, 2.75) is 17.4 Å². The highest BCUT2D eigenvalue weighted by Crippen LogP contribution is 2.42. The Hall–Kier alpha value is -1.93. The number of hydrogen-bond acceptors (Lipinski definition) is 5. The average molecular weight is 320 g/mol. The minimum Gasteiger partial charge on any atom is -0.369 e. The zero-order chi connectivity index (χ0) is 15.9. The van der Waals surface area contributed by atoms with Gasteiger partial charge in [-0.15, -0.1) is 0 Å². The summed E-state index contributed by atoms with van der Waals surface area (Å²) >= 11 is 0. The number of nitrogens with zero attached hydrogens (tertiary/aromatic N) is 1. The molecule has 2 unspecified atom stereocenters. The zero-order valence-electron chi connectivity index (χ0n) is 11.8. The smallest absolute Gasteiger partial charge is 0.240 e. The van der Waals surface area contributed by atoms with E-state index in [1.807, 2.05) is 0 Å². The molecular formula is C15H16N2O4S. The van der Waals surface area contributed by atoms with Gasteiger partial charge in [0.15, 0.2) is 12.5 Å². The maximum Gasteiger partial charge on any atom is 0.240 e. The van der Waals surface area contributed by atoms with Gasteiger partial charge in [-0.05, 0) is 31.3 Å². The van der Waals surface area contributed by atoms with Crippen LogP contribution >= 0.6 is 0 Å². The minimum atomic E-state index is -3.51. The molecule has 22 heavy (non-hydrogen) atoms. The Morgan fingerprint density at radius 1 is 0.955 bits per heavy atom. The number of aliphatic hydroxyl groups excluding tert-OH is 2. The maximum absolute atomic E-state index is 11.7. The van der Waals surface area contributed by atoms with Crippen LogP contribution in [-0.4, -0.2) is 25.7 Å². The maximum atomic E-state index is 11.7. The molecule has 0 fully saturated rings. The molecule has 3 N–H and O–H groups in total. The van der Waals surface area contributed by atoms with Crippen LogP contribution in [0.1, 0.15) is 23.6 Å². The van der Waals surface area contributed by atoms with Crippen molar-refractivity contribution >= 4 is 15.7 Å². The van der Waals surface area contributed by atoms with Crippen molar-refractivity contribution in [2.24, 2.45) is 0 Å². The number of fused-ring (bicyclic) bond motifs is 1. The predicted octanol–water partition coefficient (Wildman–Crippen LogP) is 1.10. The van der Waals surface area contributed by atoms with E-state index in [2.05, 4.69) is 4.72 Å². The molecule has 1 aliphatic rings. The van der Waals surface area contributed by atoms with E-state index in [0.29, 0.717) is 16.8 Å². The molecule has 0 amide bonds. The summed E-state index contributed by atoms with van der Waals surface area (Å²) in [6.45, 7) is 0. The molecule has 0 saturated heterocycles. The van der Waals surface area contributed by atoms with E-state index in [1.54, 1.807) is 36.4 Å². The van der Waals surface area contributed by atoms with Gasteiger partial charge in [0.1, 0.15) is 0 Å². The van der Waals surface area contributed by atoms with E-state index in [1.165, 1.54) is 24.1 Å². The molecule has 1 heterocycles. The number of hydrogen-bond donors (Lipinski definition) is 3. The fourth-order valence-electron chi connectivity index (χ4n) is 2.61. The van der Waals surface area contributed by atoms with Crippen molar-refractivity contribution < 1.29 is 18.6 Å². The van der Waals surface area contributed by atoms with Gasteiger partial charge >= 0.3 is 0 Å². The molecule has 0 saturated carbocycles. The normalized spacial score (nSPS) is 21.0. The van der Waals surface area contributed by atoms with Gasteiger partial charge in [0.05, 0.1) is 4.90 Å². The topological polar surface area (TPSA) is 89.9 Å². The Morgan fingerprint density at radius 2 is 1.45 bits per heavy atom. The average Bonchev–Trinajstić information content (AvgIpc) is 2.79. The lowest BCUT2D eigenvalue weighted by Gasteiger charge is -2.26. The third-order valence-corrected chi connectivity index (χ3v) is 5.22. The molecule has 2 aromatic carbocycles. The Kier molecular flexibility index (Phi) is 3.65. The number of anilines is 1. The van der Waals surface area contributed by atoms with Crippen molar-refractivity contribution in [1.29, 1.82) is 0 Å². The van der Waals surface area contributed by atoms with Crippen LogP contribution in [0.15, 0.2) is 53.4 Å². The molecule has 0 bridgehead atoms. The Morgan fingerprint density at radius 3 is 1.91 bits per heavy atom. The van der Waals surface area contributed by atoms with Crippen LogP contribution in [-0.2, 0) is 10.0 Å². The van der Waals surface area contributed by atoms with Crippen LogP contribution in [0, 0.1) is 0 Å². The van der Waals surface area contributed by atoms with E-state index in [-0.39, 0.29) is 4.90 Å². The first-order valence-corrected chi connectivity index (χ1v) is 8.21. The molecule has 6 nitrogen and oxygen atoms in total. The third-order valence-electron chi connectivity index (χ3n) is 3.79. The van der Waals surface area contributed by atoms with E-state index < -0.39 is 22.5 Å². The van der Waals surface area contributed by atoms with E-state index >= 15 is 0 Å². The van der Waals surface area contributed by atoms with Gasteiger partial charge < -0.3 is 15.1 Å². The SMILES string of the molecule is CNS(=O)(=O)c1ccc(N2C(O)c3ccccc3C2O)cc1. The summed E-state index contributed by atoms with van der Waals surface area (Å²) in [6, 6.07) is 13.1. The van der Waals surface area contributed by atoms with Crippen molar-refractivity contribution in [3.63, 3.8) is 0 Å². The quantitative estimate of drug-likeness (QED) is 0.788. The van der Waals surface area contributed by atoms with E-state index in [9.17, 15) is 18.6 Å². The van der Waals surface area contributed by atoms with Crippen LogP contribution in [0.2, 0.25) is 0 Å². The fraction of sp³-hybridized carbons (Fsp3) is 0.200. The molecule has 2 atom stereocenters. The summed E-state index contributed by atoms with van der Waals surface area (Å²) in [4.78, 5) is 1.56. The van der Waals surface area contributed by atoms with E-state index in [0.717, 1.165) is 0 Å². The van der Waals surface area contributed by atoms with Crippen molar-refractivity contribution in [3.8, 4) is 0 Å². The van der Waals surface area contributed by atoms with Crippen molar-refractivity contribution in [3.05, 3.63) is 59.7 Å². The largest absolute Gasteiger partial charge is 0.369 e. The molecule has 0 radical (unpaired) electrons. The lowest BCUT2D eigenvalue weighted by Crippen LogP contribution is -2.25. The van der Waals surface area contributed by atoms with E-state index in [4.69, 9.17) is 0 Å². The Labute approximate surface area is 128 Å². The fourth-order valence-corrected chi connectivity index (χ4v) is 3.34. The Bertz CT molecular complexity index is 760. The summed E-state index contributed by atoms with van der Waals surface area (Å²) in [5.74, 6) is 0. The molecular weight excluding hydrogens is 304 g/mol. The van der Waals surface area contributed by atoms with Crippen molar-refractivity contribution in [2.75, 3.05) is 11.9 Å². The van der Waals surface area contributed by atoms with Crippen molar-refractivity contribution in [1.82, 2.24) is 4.72 Å². The number of aliphatic hydroxyl groups is 2. The predicted molar refractivity (Wildman–Crippen MR) is 81.5 cm³/mol. The summed E-state index contributed by atoms with van der Waals surface area (Å²) in [5.41, 5.74) is 1.81. The van der Waals surface area contributed by atoms with Gasteiger partial charge in [0.25, 0.3) is 0 Å². The lowest BCUT2D eigenvalue weighted by molar-refractivity contribution is 0.110. The summed E-state index contributed by atoms with van der Waals surface area (Å²) in [6.07, 6.45) is -1.95. The van der Waals surface area contributed by atoms with Crippen LogP contribution in [0.4, 0.5) is 5.69 Å². The molecule has 3 rings (SSSR count).